The number of aryl methyl sites for hydroxylation is 1. The maximum absolute atomic E-state index is 12.3. The highest BCUT2D eigenvalue weighted by Crippen LogP contribution is 2.07. The molecule has 0 unspecified atom stereocenters. The standard InChI is InChI=1S/C15H19NO3/c1-4-10-16(11-14(17)19-5-2)15(18)13-8-6-12(3)7-9-13/h4,6-9H,1,5,10-11H2,2-3H3. The van der Waals surface area contributed by atoms with E-state index in [1.807, 2.05) is 19.1 Å². The van der Waals surface area contributed by atoms with Crippen molar-refractivity contribution in [2.24, 2.45) is 0 Å². The van der Waals surface area contributed by atoms with Crippen LogP contribution >= 0.6 is 0 Å². The molecule has 4 nitrogen and oxygen atoms in total. The van der Waals surface area contributed by atoms with E-state index in [0.29, 0.717) is 18.7 Å². The van der Waals surface area contributed by atoms with Crippen LogP contribution in [0.4, 0.5) is 0 Å². The van der Waals surface area contributed by atoms with Crippen LogP contribution in [0.25, 0.3) is 0 Å². The fourth-order valence-corrected chi connectivity index (χ4v) is 1.62. The molecule has 4 heteroatoms. The number of benzene rings is 1. The predicted octanol–water partition coefficient (Wildman–Crippen LogP) is 2.19. The Bertz CT molecular complexity index is 451. The van der Waals surface area contributed by atoms with Crippen LogP contribution in [-0.4, -0.2) is 36.5 Å². The van der Waals surface area contributed by atoms with Gasteiger partial charge >= 0.3 is 5.97 Å². The number of hydrogen-bond acceptors (Lipinski definition) is 3. The molecule has 102 valence electrons. The van der Waals surface area contributed by atoms with E-state index in [1.165, 1.54) is 4.90 Å². The van der Waals surface area contributed by atoms with Gasteiger partial charge in [-0.15, -0.1) is 6.58 Å². The summed E-state index contributed by atoms with van der Waals surface area (Å²) in [6, 6.07) is 7.23. The molecular formula is C15H19NO3. The van der Waals surface area contributed by atoms with E-state index in [1.54, 1.807) is 25.1 Å². The van der Waals surface area contributed by atoms with Gasteiger partial charge in [0.15, 0.2) is 0 Å². The molecule has 0 saturated carbocycles. The van der Waals surface area contributed by atoms with Gasteiger partial charge in [-0.25, -0.2) is 0 Å². The molecule has 1 rings (SSSR count). The SMILES string of the molecule is C=CCN(CC(=O)OCC)C(=O)c1ccc(C)cc1. The van der Waals surface area contributed by atoms with Crippen LogP contribution in [0.5, 0.6) is 0 Å². The minimum absolute atomic E-state index is 0.0629. The average molecular weight is 261 g/mol. The van der Waals surface area contributed by atoms with Crippen LogP contribution in [0, 0.1) is 6.92 Å². The summed E-state index contributed by atoms with van der Waals surface area (Å²) < 4.78 is 4.86. The van der Waals surface area contributed by atoms with Gasteiger partial charge in [0, 0.05) is 12.1 Å². The molecule has 0 aromatic heterocycles. The zero-order valence-electron chi connectivity index (χ0n) is 11.4. The number of esters is 1. The van der Waals surface area contributed by atoms with Crippen molar-refractivity contribution >= 4 is 11.9 Å². The Morgan fingerprint density at radius 3 is 2.47 bits per heavy atom. The minimum atomic E-state index is -0.412. The summed E-state index contributed by atoms with van der Waals surface area (Å²) in [5, 5.41) is 0. The van der Waals surface area contributed by atoms with Crippen molar-refractivity contribution in [3.8, 4) is 0 Å². The molecule has 1 aromatic rings. The van der Waals surface area contributed by atoms with Crippen molar-refractivity contribution in [2.75, 3.05) is 19.7 Å². The topological polar surface area (TPSA) is 46.6 Å². The van der Waals surface area contributed by atoms with E-state index < -0.39 is 5.97 Å². The summed E-state index contributed by atoms with van der Waals surface area (Å²) in [5.74, 6) is -0.613. The molecule has 0 aliphatic heterocycles. The number of nitrogens with zero attached hydrogens (tertiary/aromatic N) is 1. The molecule has 1 aromatic carbocycles. The molecule has 0 atom stereocenters. The molecule has 0 radical (unpaired) electrons. The van der Waals surface area contributed by atoms with E-state index in [0.717, 1.165) is 5.56 Å². The van der Waals surface area contributed by atoms with E-state index in [9.17, 15) is 9.59 Å². The van der Waals surface area contributed by atoms with E-state index in [2.05, 4.69) is 6.58 Å². The van der Waals surface area contributed by atoms with Crippen LogP contribution in [0.3, 0.4) is 0 Å². The summed E-state index contributed by atoms with van der Waals surface area (Å²) in [6.45, 7) is 7.84. The van der Waals surface area contributed by atoms with Gasteiger partial charge in [0.25, 0.3) is 5.91 Å². The van der Waals surface area contributed by atoms with Gasteiger partial charge in [0.2, 0.25) is 0 Å². The van der Waals surface area contributed by atoms with Crippen LogP contribution in [0.1, 0.15) is 22.8 Å². The summed E-state index contributed by atoms with van der Waals surface area (Å²) in [7, 11) is 0. The number of hydrogen-bond donors (Lipinski definition) is 0. The van der Waals surface area contributed by atoms with Gasteiger partial charge < -0.3 is 9.64 Å². The average Bonchev–Trinajstić information content (AvgIpc) is 2.38. The predicted molar refractivity (Wildman–Crippen MR) is 73.9 cm³/mol. The van der Waals surface area contributed by atoms with Gasteiger partial charge in [-0.3, -0.25) is 9.59 Å². The Hall–Kier alpha value is -2.10. The Kier molecular flexibility index (Phi) is 5.79. The van der Waals surface area contributed by atoms with E-state index in [-0.39, 0.29) is 12.5 Å². The molecule has 0 aliphatic carbocycles. The van der Waals surface area contributed by atoms with Crippen LogP contribution in [0.2, 0.25) is 0 Å². The van der Waals surface area contributed by atoms with Gasteiger partial charge in [-0.05, 0) is 26.0 Å². The van der Waals surface area contributed by atoms with Crippen LogP contribution in [-0.2, 0) is 9.53 Å². The minimum Gasteiger partial charge on any atom is -0.465 e. The number of ether oxygens (including phenoxy) is 1. The monoisotopic (exact) mass is 261 g/mol. The van der Waals surface area contributed by atoms with Crippen molar-refractivity contribution < 1.29 is 14.3 Å². The largest absolute Gasteiger partial charge is 0.465 e. The first-order valence-corrected chi connectivity index (χ1v) is 6.21. The van der Waals surface area contributed by atoms with Crippen molar-refractivity contribution in [2.45, 2.75) is 13.8 Å². The second-order valence-corrected chi connectivity index (χ2v) is 4.15. The summed E-state index contributed by atoms with van der Waals surface area (Å²) in [6.07, 6.45) is 1.59. The lowest BCUT2D eigenvalue weighted by Crippen LogP contribution is -2.36. The quantitative estimate of drug-likeness (QED) is 0.582. The normalized spacial score (nSPS) is 9.79. The zero-order valence-corrected chi connectivity index (χ0v) is 11.4. The number of carbonyl (C=O) groups excluding carboxylic acids is 2. The molecule has 0 N–H and O–H groups in total. The van der Waals surface area contributed by atoms with Crippen LogP contribution in [0.15, 0.2) is 36.9 Å². The fraction of sp³-hybridized carbons (Fsp3) is 0.333. The summed E-state index contributed by atoms with van der Waals surface area (Å²) >= 11 is 0. The third kappa shape index (κ3) is 4.58. The first-order valence-electron chi connectivity index (χ1n) is 6.21. The Morgan fingerprint density at radius 1 is 1.32 bits per heavy atom. The van der Waals surface area contributed by atoms with Gasteiger partial charge in [-0.2, -0.15) is 0 Å². The second-order valence-electron chi connectivity index (χ2n) is 4.15. The highest BCUT2D eigenvalue weighted by molar-refractivity contribution is 5.96. The molecule has 0 saturated heterocycles. The molecule has 0 fully saturated rings. The highest BCUT2D eigenvalue weighted by atomic mass is 16.5. The molecule has 1 amide bonds. The first-order chi connectivity index (χ1) is 9.08. The third-order valence-corrected chi connectivity index (χ3v) is 2.56. The molecule has 0 spiro atoms. The van der Waals surface area contributed by atoms with Crippen molar-refractivity contribution in [1.29, 1.82) is 0 Å². The summed E-state index contributed by atoms with van der Waals surface area (Å²) in [4.78, 5) is 25.1. The molecule has 19 heavy (non-hydrogen) atoms. The smallest absolute Gasteiger partial charge is 0.325 e. The molecule has 0 heterocycles. The Morgan fingerprint density at radius 2 is 1.95 bits per heavy atom. The fourth-order valence-electron chi connectivity index (χ4n) is 1.62. The van der Waals surface area contributed by atoms with E-state index >= 15 is 0 Å². The maximum Gasteiger partial charge on any atom is 0.325 e. The first kappa shape index (κ1) is 15.0. The Balaban J connectivity index is 2.80. The third-order valence-electron chi connectivity index (χ3n) is 2.56. The highest BCUT2D eigenvalue weighted by Gasteiger charge is 2.18. The van der Waals surface area contributed by atoms with Crippen molar-refractivity contribution in [3.63, 3.8) is 0 Å². The zero-order chi connectivity index (χ0) is 14.3. The lowest BCUT2D eigenvalue weighted by molar-refractivity contribution is -0.143. The lowest BCUT2D eigenvalue weighted by Gasteiger charge is -2.20. The van der Waals surface area contributed by atoms with Gasteiger partial charge in [0.1, 0.15) is 6.54 Å². The van der Waals surface area contributed by atoms with Gasteiger partial charge in [-0.1, -0.05) is 23.8 Å². The molecule has 0 aliphatic rings. The Labute approximate surface area is 113 Å². The van der Waals surface area contributed by atoms with Crippen molar-refractivity contribution in [1.82, 2.24) is 4.90 Å². The number of rotatable bonds is 6. The lowest BCUT2D eigenvalue weighted by atomic mass is 10.1. The van der Waals surface area contributed by atoms with E-state index in [4.69, 9.17) is 4.74 Å². The maximum atomic E-state index is 12.3. The van der Waals surface area contributed by atoms with Gasteiger partial charge in [0.05, 0.1) is 6.61 Å². The number of carbonyl (C=O) groups is 2. The van der Waals surface area contributed by atoms with Crippen molar-refractivity contribution in [3.05, 3.63) is 48.0 Å². The van der Waals surface area contributed by atoms with Crippen LogP contribution < -0.4 is 0 Å². The molecule has 0 bridgehead atoms. The number of amides is 1. The molecular weight excluding hydrogens is 242 g/mol. The summed E-state index contributed by atoms with van der Waals surface area (Å²) in [5.41, 5.74) is 1.63. The second kappa shape index (κ2) is 7.36.